The number of hydrogen-bond acceptors (Lipinski definition) is 5. The number of carbonyl (C=O) groups is 2. The molecule has 0 spiro atoms. The van der Waals surface area contributed by atoms with Gasteiger partial charge in [0.1, 0.15) is 5.03 Å². The fourth-order valence-corrected chi connectivity index (χ4v) is 2.67. The zero-order valence-corrected chi connectivity index (χ0v) is 12.8. The standard InChI is InChI=1S/C13H15F3N4O2S/c14-13(15,16)12(22)20-5-1-2-8(7-20)11(21)19-9-3-4-18-10(6-9)23-17/h3-4,6,8H,1-2,5,7,17H2,(H,18,19,21). The number of nitrogens with one attached hydrogen (secondary N) is 1. The van der Waals surface area contributed by atoms with Gasteiger partial charge in [0, 0.05) is 25.0 Å². The number of amides is 2. The van der Waals surface area contributed by atoms with Crippen molar-refractivity contribution in [3.05, 3.63) is 18.3 Å². The summed E-state index contributed by atoms with van der Waals surface area (Å²) in [7, 11) is 0. The highest BCUT2D eigenvalue weighted by Gasteiger charge is 2.44. The fourth-order valence-electron chi connectivity index (χ4n) is 2.35. The second kappa shape index (κ2) is 7.18. The number of anilines is 1. The summed E-state index contributed by atoms with van der Waals surface area (Å²) in [5.41, 5.74) is 0.456. The summed E-state index contributed by atoms with van der Waals surface area (Å²) >= 11 is 0.912. The smallest absolute Gasteiger partial charge is 0.334 e. The Kier molecular flexibility index (Phi) is 5.47. The zero-order chi connectivity index (χ0) is 17.0. The van der Waals surface area contributed by atoms with Gasteiger partial charge in [-0.05, 0) is 36.9 Å². The van der Waals surface area contributed by atoms with Gasteiger partial charge in [0.15, 0.2) is 0 Å². The molecule has 23 heavy (non-hydrogen) atoms. The Morgan fingerprint density at radius 2 is 2.17 bits per heavy atom. The second-order valence-corrected chi connectivity index (χ2v) is 5.73. The minimum absolute atomic E-state index is 0.00530. The first-order valence-electron chi connectivity index (χ1n) is 6.81. The Morgan fingerprint density at radius 1 is 1.43 bits per heavy atom. The van der Waals surface area contributed by atoms with Gasteiger partial charge in [-0.3, -0.25) is 14.7 Å². The van der Waals surface area contributed by atoms with E-state index in [2.05, 4.69) is 10.3 Å². The summed E-state index contributed by atoms with van der Waals surface area (Å²) in [6, 6.07) is 3.11. The lowest BCUT2D eigenvalue weighted by atomic mass is 9.97. The number of nitrogens with two attached hydrogens (primary N) is 1. The van der Waals surface area contributed by atoms with E-state index < -0.39 is 23.9 Å². The molecule has 0 radical (unpaired) electrons. The van der Waals surface area contributed by atoms with Crippen molar-refractivity contribution >= 4 is 29.4 Å². The van der Waals surface area contributed by atoms with Gasteiger partial charge in [0.05, 0.1) is 5.92 Å². The van der Waals surface area contributed by atoms with Crippen LogP contribution in [0, 0.1) is 5.92 Å². The van der Waals surface area contributed by atoms with E-state index in [1.54, 1.807) is 12.1 Å². The lowest BCUT2D eigenvalue weighted by Gasteiger charge is -2.32. The Balaban J connectivity index is 2.00. The molecule has 1 aliphatic rings. The van der Waals surface area contributed by atoms with Gasteiger partial charge in [-0.1, -0.05) is 0 Å². The molecule has 6 nitrogen and oxygen atoms in total. The first-order chi connectivity index (χ1) is 10.8. The van der Waals surface area contributed by atoms with Gasteiger partial charge < -0.3 is 10.2 Å². The predicted octanol–water partition coefficient (Wildman–Crippen LogP) is 1.79. The summed E-state index contributed by atoms with van der Waals surface area (Å²) < 4.78 is 37.4. The summed E-state index contributed by atoms with van der Waals surface area (Å²) in [5.74, 6) is -3.01. The minimum Gasteiger partial charge on any atom is -0.334 e. The number of aromatic nitrogens is 1. The maximum absolute atomic E-state index is 12.5. The summed E-state index contributed by atoms with van der Waals surface area (Å²) in [4.78, 5) is 28.1. The molecule has 2 amide bonds. The molecular weight excluding hydrogens is 333 g/mol. The van der Waals surface area contributed by atoms with Crippen molar-refractivity contribution in [2.45, 2.75) is 24.0 Å². The van der Waals surface area contributed by atoms with Crippen molar-refractivity contribution in [3.63, 3.8) is 0 Å². The Hall–Kier alpha value is -1.81. The number of alkyl halides is 3. The molecule has 2 rings (SSSR count). The summed E-state index contributed by atoms with van der Waals surface area (Å²) in [5, 5.41) is 8.49. The first-order valence-corrected chi connectivity index (χ1v) is 7.69. The molecule has 0 aromatic carbocycles. The van der Waals surface area contributed by atoms with Crippen molar-refractivity contribution in [3.8, 4) is 0 Å². The maximum atomic E-state index is 12.5. The molecule has 10 heteroatoms. The number of piperidine rings is 1. The average molecular weight is 348 g/mol. The van der Waals surface area contributed by atoms with Crippen LogP contribution < -0.4 is 10.5 Å². The van der Waals surface area contributed by atoms with E-state index in [1.807, 2.05) is 0 Å². The van der Waals surface area contributed by atoms with Crippen molar-refractivity contribution in [1.82, 2.24) is 9.88 Å². The molecule has 1 aliphatic heterocycles. The normalized spacial score (nSPS) is 18.6. The molecule has 0 saturated carbocycles. The highest BCUT2D eigenvalue weighted by atomic mass is 32.2. The molecule has 0 aliphatic carbocycles. The van der Waals surface area contributed by atoms with Gasteiger partial charge in [0.2, 0.25) is 5.91 Å². The predicted molar refractivity (Wildman–Crippen MR) is 78.3 cm³/mol. The topological polar surface area (TPSA) is 88.3 Å². The highest BCUT2D eigenvalue weighted by Crippen LogP contribution is 2.25. The number of likely N-dealkylation sites (tertiary alicyclic amines) is 1. The van der Waals surface area contributed by atoms with E-state index in [0.717, 1.165) is 11.9 Å². The molecule has 1 unspecified atom stereocenters. The third kappa shape index (κ3) is 4.58. The molecule has 3 N–H and O–H groups in total. The van der Waals surface area contributed by atoms with E-state index in [-0.39, 0.29) is 13.1 Å². The van der Waals surface area contributed by atoms with E-state index in [4.69, 9.17) is 5.14 Å². The van der Waals surface area contributed by atoms with Gasteiger partial charge >= 0.3 is 12.1 Å². The lowest BCUT2D eigenvalue weighted by Crippen LogP contribution is -2.48. The van der Waals surface area contributed by atoms with E-state index in [1.165, 1.54) is 6.20 Å². The Morgan fingerprint density at radius 3 is 2.83 bits per heavy atom. The Bertz CT molecular complexity index is 597. The number of rotatable bonds is 3. The third-order valence-electron chi connectivity index (χ3n) is 3.45. The van der Waals surface area contributed by atoms with Crippen LogP contribution in [-0.4, -0.2) is 41.0 Å². The van der Waals surface area contributed by atoms with Gasteiger partial charge in [-0.2, -0.15) is 13.2 Å². The van der Waals surface area contributed by atoms with Crippen LogP contribution >= 0.6 is 11.9 Å². The fraction of sp³-hybridized carbons (Fsp3) is 0.462. The molecule has 1 fully saturated rings. The number of pyridine rings is 1. The molecule has 1 atom stereocenters. The van der Waals surface area contributed by atoms with Crippen molar-refractivity contribution < 1.29 is 22.8 Å². The highest BCUT2D eigenvalue weighted by molar-refractivity contribution is 7.97. The largest absolute Gasteiger partial charge is 0.471 e. The maximum Gasteiger partial charge on any atom is 0.471 e. The monoisotopic (exact) mass is 348 g/mol. The van der Waals surface area contributed by atoms with Crippen LogP contribution in [-0.2, 0) is 9.59 Å². The third-order valence-corrected chi connectivity index (χ3v) is 3.91. The molecule has 1 saturated heterocycles. The van der Waals surface area contributed by atoms with Gasteiger partial charge in [-0.15, -0.1) is 0 Å². The number of hydrogen-bond donors (Lipinski definition) is 2. The SMILES string of the molecule is NSc1cc(NC(=O)C2CCCN(C(=O)C(F)(F)F)C2)ccn1. The van der Waals surface area contributed by atoms with Crippen LogP contribution in [0.25, 0.3) is 0 Å². The number of halogens is 3. The summed E-state index contributed by atoms with van der Waals surface area (Å²) in [6.07, 6.45) is -2.68. The van der Waals surface area contributed by atoms with Crippen LogP contribution in [0.1, 0.15) is 12.8 Å². The number of carbonyl (C=O) groups excluding carboxylic acids is 2. The van der Waals surface area contributed by atoms with E-state index >= 15 is 0 Å². The number of nitrogens with zero attached hydrogens (tertiary/aromatic N) is 2. The van der Waals surface area contributed by atoms with Gasteiger partial charge in [-0.25, -0.2) is 4.98 Å². The average Bonchev–Trinajstić information content (AvgIpc) is 2.53. The van der Waals surface area contributed by atoms with Crippen molar-refractivity contribution in [2.24, 2.45) is 11.1 Å². The van der Waals surface area contributed by atoms with E-state index in [0.29, 0.717) is 28.5 Å². The van der Waals surface area contributed by atoms with Crippen LogP contribution in [0.5, 0.6) is 0 Å². The molecule has 2 heterocycles. The first kappa shape index (κ1) is 17.5. The van der Waals surface area contributed by atoms with Crippen LogP contribution in [0.4, 0.5) is 18.9 Å². The summed E-state index contributed by atoms with van der Waals surface area (Å²) in [6.45, 7) is -0.237. The second-order valence-electron chi connectivity index (χ2n) is 5.08. The lowest BCUT2D eigenvalue weighted by molar-refractivity contribution is -0.187. The molecule has 1 aromatic rings. The zero-order valence-electron chi connectivity index (χ0n) is 12.0. The van der Waals surface area contributed by atoms with Crippen molar-refractivity contribution in [2.75, 3.05) is 18.4 Å². The van der Waals surface area contributed by atoms with Gasteiger partial charge in [0.25, 0.3) is 0 Å². The van der Waals surface area contributed by atoms with Crippen LogP contribution in [0.3, 0.4) is 0 Å². The molecule has 0 bridgehead atoms. The molecule has 126 valence electrons. The van der Waals surface area contributed by atoms with E-state index in [9.17, 15) is 22.8 Å². The van der Waals surface area contributed by atoms with Crippen LogP contribution in [0.15, 0.2) is 23.4 Å². The molecule has 1 aromatic heterocycles. The molecular formula is C13H15F3N4O2S. The Labute approximate surface area is 134 Å². The van der Waals surface area contributed by atoms with Crippen LogP contribution in [0.2, 0.25) is 0 Å². The quantitative estimate of drug-likeness (QED) is 0.813. The van der Waals surface area contributed by atoms with Crippen molar-refractivity contribution in [1.29, 1.82) is 0 Å². The minimum atomic E-state index is -4.92.